The highest BCUT2D eigenvalue weighted by Crippen LogP contribution is 2.22. The summed E-state index contributed by atoms with van der Waals surface area (Å²) in [7, 11) is 0. The van der Waals surface area contributed by atoms with Gasteiger partial charge in [0.15, 0.2) is 11.3 Å². The molecule has 3 rings (SSSR count). The molecule has 1 saturated heterocycles. The summed E-state index contributed by atoms with van der Waals surface area (Å²) < 4.78 is 11.9. The van der Waals surface area contributed by atoms with Gasteiger partial charge in [0.25, 0.3) is 0 Å². The van der Waals surface area contributed by atoms with Gasteiger partial charge in [-0.15, -0.1) is 0 Å². The molecule has 0 N–H and O–H groups in total. The zero-order chi connectivity index (χ0) is 12.5. The van der Waals surface area contributed by atoms with E-state index in [1.165, 1.54) is 0 Å². The van der Waals surface area contributed by atoms with Crippen LogP contribution in [0.25, 0.3) is 11.0 Å². The molecule has 0 bridgehead atoms. The molecule has 1 fully saturated rings. The summed E-state index contributed by atoms with van der Waals surface area (Å²) in [5.41, 5.74) is 0.603. The van der Waals surface area contributed by atoms with Crippen LogP contribution in [0.1, 0.15) is 0 Å². The van der Waals surface area contributed by atoms with Gasteiger partial charge in [-0.2, -0.15) is 0 Å². The van der Waals surface area contributed by atoms with E-state index in [2.05, 4.69) is 15.9 Å². The number of fused-ring (bicyclic) bond motifs is 1. The Morgan fingerprint density at radius 1 is 1.17 bits per heavy atom. The molecule has 0 aliphatic carbocycles. The zero-order valence-corrected chi connectivity index (χ0v) is 11.3. The molecule has 5 heteroatoms. The fourth-order valence-corrected chi connectivity index (χ4v) is 2.42. The highest BCUT2D eigenvalue weighted by Gasteiger charge is 2.15. The van der Waals surface area contributed by atoms with Crippen LogP contribution in [0.15, 0.2) is 37.9 Å². The van der Waals surface area contributed by atoms with Crippen molar-refractivity contribution in [2.24, 2.45) is 0 Å². The van der Waals surface area contributed by atoms with Gasteiger partial charge >= 0.3 is 0 Å². The number of benzene rings is 1. The lowest BCUT2D eigenvalue weighted by Crippen LogP contribution is -2.36. The van der Waals surface area contributed by atoms with Crippen LogP contribution in [-0.4, -0.2) is 26.3 Å². The summed E-state index contributed by atoms with van der Waals surface area (Å²) >= 11 is 3.35. The van der Waals surface area contributed by atoms with E-state index in [9.17, 15) is 4.79 Å². The predicted molar refractivity (Wildman–Crippen MR) is 73.2 cm³/mol. The second kappa shape index (κ2) is 4.74. The van der Waals surface area contributed by atoms with Crippen LogP contribution < -0.4 is 10.3 Å². The Kier molecular flexibility index (Phi) is 3.09. The molecule has 0 atom stereocenters. The summed E-state index contributed by atoms with van der Waals surface area (Å²) in [5.74, 6) is 0.623. The molecule has 0 radical (unpaired) electrons. The summed E-state index contributed by atoms with van der Waals surface area (Å²) in [6, 6.07) is 7.02. The first-order valence-corrected chi connectivity index (χ1v) is 6.59. The number of ether oxygens (including phenoxy) is 1. The highest BCUT2D eigenvalue weighted by atomic mass is 79.9. The molecule has 2 aromatic rings. The first-order valence-electron chi connectivity index (χ1n) is 5.80. The molecule has 1 aromatic carbocycles. The van der Waals surface area contributed by atoms with Gasteiger partial charge in [-0.1, -0.05) is 15.9 Å². The largest absolute Gasteiger partial charge is 0.440 e. The van der Waals surface area contributed by atoms with Crippen LogP contribution in [-0.2, 0) is 4.74 Å². The van der Waals surface area contributed by atoms with Crippen LogP contribution in [0.2, 0.25) is 0 Å². The standard InChI is InChI=1S/C13H12BrNO3/c14-9-1-2-12-10(7-9)11(16)8-13(18-12)15-3-5-17-6-4-15/h1-2,7-8H,3-6H2. The maximum atomic E-state index is 12.1. The quantitative estimate of drug-likeness (QED) is 0.811. The van der Waals surface area contributed by atoms with Crippen LogP contribution in [0, 0.1) is 0 Å². The van der Waals surface area contributed by atoms with Crippen LogP contribution >= 0.6 is 15.9 Å². The average molecular weight is 310 g/mol. The fourth-order valence-electron chi connectivity index (χ4n) is 2.06. The Morgan fingerprint density at radius 2 is 1.94 bits per heavy atom. The van der Waals surface area contributed by atoms with E-state index in [1.54, 1.807) is 12.1 Å². The lowest BCUT2D eigenvalue weighted by atomic mass is 10.2. The van der Waals surface area contributed by atoms with E-state index in [4.69, 9.17) is 9.15 Å². The SMILES string of the molecule is O=c1cc(N2CCOCC2)oc2ccc(Br)cc12. The van der Waals surface area contributed by atoms with E-state index >= 15 is 0 Å². The third-order valence-corrected chi connectivity index (χ3v) is 3.49. The van der Waals surface area contributed by atoms with E-state index in [0.717, 1.165) is 17.6 Å². The number of rotatable bonds is 1. The first kappa shape index (κ1) is 11.7. The monoisotopic (exact) mass is 309 g/mol. The fraction of sp³-hybridized carbons (Fsp3) is 0.308. The third kappa shape index (κ3) is 2.15. The number of halogens is 1. The Balaban J connectivity index is 2.09. The molecule has 0 saturated carbocycles. The maximum absolute atomic E-state index is 12.1. The number of morpholine rings is 1. The van der Waals surface area contributed by atoms with Gasteiger partial charge in [0.2, 0.25) is 0 Å². The second-order valence-electron chi connectivity index (χ2n) is 4.19. The van der Waals surface area contributed by atoms with Crippen molar-refractivity contribution in [3.8, 4) is 0 Å². The van der Waals surface area contributed by atoms with Gasteiger partial charge in [0, 0.05) is 23.6 Å². The molecule has 18 heavy (non-hydrogen) atoms. The van der Waals surface area contributed by atoms with Crippen LogP contribution in [0.5, 0.6) is 0 Å². The Labute approximate surface area is 112 Å². The van der Waals surface area contributed by atoms with Crippen molar-refractivity contribution in [1.29, 1.82) is 0 Å². The van der Waals surface area contributed by atoms with E-state index in [1.807, 2.05) is 17.0 Å². The Bertz CT molecular complexity index is 632. The summed E-state index contributed by atoms with van der Waals surface area (Å²) in [6.07, 6.45) is 0. The van der Waals surface area contributed by atoms with Gasteiger partial charge < -0.3 is 14.1 Å². The lowest BCUT2D eigenvalue weighted by Gasteiger charge is -2.27. The molecular formula is C13H12BrNO3. The summed E-state index contributed by atoms with van der Waals surface area (Å²) in [6.45, 7) is 2.85. The zero-order valence-electron chi connectivity index (χ0n) is 9.69. The number of hydrogen-bond donors (Lipinski definition) is 0. The van der Waals surface area contributed by atoms with Crippen LogP contribution in [0.3, 0.4) is 0 Å². The van der Waals surface area contributed by atoms with Crippen molar-refractivity contribution >= 4 is 32.8 Å². The predicted octanol–water partition coefficient (Wildman–Crippen LogP) is 2.39. The van der Waals surface area contributed by atoms with Crippen molar-refractivity contribution < 1.29 is 9.15 Å². The average Bonchev–Trinajstić information content (AvgIpc) is 2.40. The van der Waals surface area contributed by atoms with Crippen molar-refractivity contribution in [1.82, 2.24) is 0 Å². The minimum Gasteiger partial charge on any atom is -0.440 e. The summed E-state index contributed by atoms with van der Waals surface area (Å²) in [4.78, 5) is 14.1. The Morgan fingerprint density at radius 3 is 2.72 bits per heavy atom. The molecule has 2 heterocycles. The minimum atomic E-state index is -0.0148. The Hall–Kier alpha value is -1.33. The smallest absolute Gasteiger partial charge is 0.200 e. The maximum Gasteiger partial charge on any atom is 0.200 e. The minimum absolute atomic E-state index is 0.0148. The lowest BCUT2D eigenvalue weighted by molar-refractivity contribution is 0.121. The van der Waals surface area contributed by atoms with Crippen molar-refractivity contribution in [2.75, 3.05) is 31.2 Å². The number of anilines is 1. The molecule has 94 valence electrons. The summed E-state index contributed by atoms with van der Waals surface area (Å²) in [5, 5.41) is 0.599. The van der Waals surface area contributed by atoms with Crippen LogP contribution in [0.4, 0.5) is 5.88 Å². The van der Waals surface area contributed by atoms with Crippen molar-refractivity contribution in [3.05, 3.63) is 39.0 Å². The van der Waals surface area contributed by atoms with Crippen molar-refractivity contribution in [2.45, 2.75) is 0 Å². The van der Waals surface area contributed by atoms with Gasteiger partial charge in [0.1, 0.15) is 5.58 Å². The van der Waals surface area contributed by atoms with E-state index in [-0.39, 0.29) is 5.43 Å². The molecule has 1 aliphatic rings. The molecule has 1 aliphatic heterocycles. The van der Waals surface area contributed by atoms with Gasteiger partial charge in [-0.05, 0) is 18.2 Å². The molecule has 0 amide bonds. The number of hydrogen-bond acceptors (Lipinski definition) is 4. The second-order valence-corrected chi connectivity index (χ2v) is 5.10. The molecule has 0 spiro atoms. The van der Waals surface area contributed by atoms with Crippen molar-refractivity contribution in [3.63, 3.8) is 0 Å². The topological polar surface area (TPSA) is 42.7 Å². The van der Waals surface area contributed by atoms with Gasteiger partial charge in [-0.25, -0.2) is 0 Å². The first-order chi connectivity index (χ1) is 8.74. The third-order valence-electron chi connectivity index (χ3n) is 3.00. The highest BCUT2D eigenvalue weighted by molar-refractivity contribution is 9.10. The van der Waals surface area contributed by atoms with Gasteiger partial charge in [-0.3, -0.25) is 4.79 Å². The normalized spacial score (nSPS) is 16.2. The van der Waals surface area contributed by atoms with E-state index in [0.29, 0.717) is 30.1 Å². The van der Waals surface area contributed by atoms with E-state index < -0.39 is 0 Å². The molecule has 1 aromatic heterocycles. The van der Waals surface area contributed by atoms with Gasteiger partial charge in [0.05, 0.1) is 18.6 Å². The number of nitrogens with zero attached hydrogens (tertiary/aromatic N) is 1. The molecule has 4 nitrogen and oxygen atoms in total. The molecule has 0 unspecified atom stereocenters. The molecular weight excluding hydrogens is 298 g/mol.